The number of aromatic nitrogens is 1. The van der Waals surface area contributed by atoms with E-state index >= 15 is 0 Å². The molecule has 20 heavy (non-hydrogen) atoms. The molecule has 0 saturated heterocycles. The fraction of sp³-hybridized carbons (Fsp3) is 0.0769. The van der Waals surface area contributed by atoms with Crippen molar-refractivity contribution in [3.8, 4) is 11.1 Å². The highest BCUT2D eigenvalue weighted by atomic mass is 35.5. The third-order valence-corrected chi connectivity index (χ3v) is 2.72. The minimum absolute atomic E-state index is 0. The molecule has 1 N–H and O–H groups in total. The number of hydrogen-bond donors (Lipinski definition) is 1. The van der Waals surface area contributed by atoms with Gasteiger partial charge in [0.15, 0.2) is 0 Å². The number of pyridine rings is 1. The summed E-state index contributed by atoms with van der Waals surface area (Å²) in [6, 6.07) is 7.40. The number of nitro groups is 1. The second-order valence-electron chi connectivity index (χ2n) is 3.93. The first-order valence-electron chi connectivity index (χ1n) is 5.44. The van der Waals surface area contributed by atoms with Crippen molar-refractivity contribution < 1.29 is 14.8 Å². The molecule has 1 heterocycles. The number of aromatic carboxylic acids is 1. The van der Waals surface area contributed by atoms with E-state index in [1.165, 1.54) is 30.5 Å². The van der Waals surface area contributed by atoms with Crippen LogP contribution in [0.2, 0.25) is 0 Å². The van der Waals surface area contributed by atoms with Gasteiger partial charge in [0.05, 0.1) is 16.2 Å². The van der Waals surface area contributed by atoms with Crippen molar-refractivity contribution >= 4 is 24.1 Å². The molecule has 2 aromatic rings. The number of carbonyl (C=O) groups is 1. The molecular weight excluding hydrogens is 284 g/mol. The Bertz CT molecular complexity index is 673. The van der Waals surface area contributed by atoms with E-state index in [-0.39, 0.29) is 23.7 Å². The molecule has 1 aromatic carbocycles. The van der Waals surface area contributed by atoms with Crippen LogP contribution in [0.1, 0.15) is 16.1 Å². The summed E-state index contributed by atoms with van der Waals surface area (Å²) >= 11 is 0. The van der Waals surface area contributed by atoms with Crippen molar-refractivity contribution in [2.24, 2.45) is 0 Å². The maximum Gasteiger partial charge on any atom is 0.338 e. The van der Waals surface area contributed by atoms with Crippen LogP contribution in [0.5, 0.6) is 0 Å². The average Bonchev–Trinajstić information content (AvgIpc) is 2.38. The van der Waals surface area contributed by atoms with Gasteiger partial charge in [0.25, 0.3) is 5.69 Å². The molecule has 0 bridgehead atoms. The van der Waals surface area contributed by atoms with E-state index in [2.05, 4.69) is 4.98 Å². The van der Waals surface area contributed by atoms with Crippen molar-refractivity contribution in [1.82, 2.24) is 4.98 Å². The Morgan fingerprint density at radius 1 is 1.35 bits per heavy atom. The van der Waals surface area contributed by atoms with Crippen molar-refractivity contribution in [2.75, 3.05) is 0 Å². The smallest absolute Gasteiger partial charge is 0.338 e. The SMILES string of the molecule is Cc1nccc(-c2cccc([N+](=O)[O-])c2)c1C(=O)O.Cl. The van der Waals surface area contributed by atoms with Crippen LogP contribution in [0.4, 0.5) is 5.69 Å². The summed E-state index contributed by atoms with van der Waals surface area (Å²) in [7, 11) is 0. The van der Waals surface area contributed by atoms with Crippen LogP contribution < -0.4 is 0 Å². The van der Waals surface area contributed by atoms with Crippen LogP contribution in [0.15, 0.2) is 36.5 Å². The van der Waals surface area contributed by atoms with E-state index in [0.717, 1.165) is 0 Å². The first-order valence-corrected chi connectivity index (χ1v) is 5.44. The molecule has 0 aliphatic carbocycles. The van der Waals surface area contributed by atoms with E-state index in [1.54, 1.807) is 13.0 Å². The van der Waals surface area contributed by atoms with Gasteiger partial charge in [-0.2, -0.15) is 0 Å². The first kappa shape index (κ1) is 15.6. The molecule has 6 nitrogen and oxygen atoms in total. The Labute approximate surface area is 120 Å². The molecular formula is C13H11ClN2O4. The predicted molar refractivity (Wildman–Crippen MR) is 75.3 cm³/mol. The van der Waals surface area contributed by atoms with E-state index in [0.29, 0.717) is 16.8 Å². The average molecular weight is 295 g/mol. The lowest BCUT2D eigenvalue weighted by molar-refractivity contribution is -0.384. The Morgan fingerprint density at radius 2 is 2.05 bits per heavy atom. The van der Waals surface area contributed by atoms with Gasteiger partial charge in [-0.3, -0.25) is 15.1 Å². The largest absolute Gasteiger partial charge is 0.478 e. The number of rotatable bonds is 3. The van der Waals surface area contributed by atoms with Crippen LogP contribution in [0.25, 0.3) is 11.1 Å². The van der Waals surface area contributed by atoms with Gasteiger partial charge in [-0.15, -0.1) is 12.4 Å². The third kappa shape index (κ3) is 2.92. The van der Waals surface area contributed by atoms with Gasteiger partial charge in [-0.25, -0.2) is 4.79 Å². The molecule has 2 rings (SSSR count). The highest BCUT2D eigenvalue weighted by molar-refractivity contribution is 5.97. The number of nitro benzene ring substituents is 1. The van der Waals surface area contributed by atoms with Crippen LogP contribution in [0, 0.1) is 17.0 Å². The summed E-state index contributed by atoms with van der Waals surface area (Å²) < 4.78 is 0. The molecule has 0 aliphatic rings. The molecule has 0 atom stereocenters. The number of benzene rings is 1. The fourth-order valence-electron chi connectivity index (χ4n) is 1.86. The molecule has 0 radical (unpaired) electrons. The number of carboxylic acids is 1. The van der Waals surface area contributed by atoms with E-state index in [4.69, 9.17) is 0 Å². The molecule has 7 heteroatoms. The molecule has 0 unspecified atom stereocenters. The molecule has 0 fully saturated rings. The Morgan fingerprint density at radius 3 is 2.65 bits per heavy atom. The molecule has 0 saturated carbocycles. The van der Waals surface area contributed by atoms with Crippen molar-refractivity contribution in [1.29, 1.82) is 0 Å². The van der Waals surface area contributed by atoms with E-state index < -0.39 is 10.9 Å². The lowest BCUT2D eigenvalue weighted by atomic mass is 9.99. The quantitative estimate of drug-likeness (QED) is 0.693. The van der Waals surface area contributed by atoms with E-state index in [9.17, 15) is 20.0 Å². The second kappa shape index (κ2) is 6.12. The topological polar surface area (TPSA) is 93.3 Å². The molecule has 104 valence electrons. The first-order chi connectivity index (χ1) is 9.00. The minimum Gasteiger partial charge on any atom is -0.478 e. The number of halogens is 1. The second-order valence-corrected chi connectivity index (χ2v) is 3.93. The van der Waals surface area contributed by atoms with Gasteiger partial charge in [-0.05, 0) is 24.1 Å². The molecule has 0 spiro atoms. The summed E-state index contributed by atoms with van der Waals surface area (Å²) in [5, 5.41) is 20.0. The van der Waals surface area contributed by atoms with Crippen molar-refractivity contribution in [2.45, 2.75) is 6.92 Å². The summed E-state index contributed by atoms with van der Waals surface area (Å²) in [5.41, 5.74) is 1.25. The zero-order valence-electron chi connectivity index (χ0n) is 10.4. The van der Waals surface area contributed by atoms with Gasteiger partial charge < -0.3 is 5.11 Å². The summed E-state index contributed by atoms with van der Waals surface area (Å²) in [6.07, 6.45) is 1.48. The van der Waals surface area contributed by atoms with Gasteiger partial charge in [0.1, 0.15) is 0 Å². The maximum absolute atomic E-state index is 11.3. The normalized spacial score (nSPS) is 9.65. The lowest BCUT2D eigenvalue weighted by Crippen LogP contribution is -2.04. The minimum atomic E-state index is -1.10. The van der Waals surface area contributed by atoms with Crippen LogP contribution in [0.3, 0.4) is 0 Å². The van der Waals surface area contributed by atoms with Gasteiger partial charge in [0, 0.05) is 18.3 Å². The number of carboxylic acid groups (broad SMARTS) is 1. The zero-order chi connectivity index (χ0) is 14.0. The number of non-ortho nitro benzene ring substituents is 1. The zero-order valence-corrected chi connectivity index (χ0v) is 11.3. The predicted octanol–water partition coefficient (Wildman–Crippen LogP) is 3.09. The van der Waals surface area contributed by atoms with Crippen LogP contribution >= 0.6 is 12.4 Å². The highest BCUT2D eigenvalue weighted by Gasteiger charge is 2.17. The summed E-state index contributed by atoms with van der Waals surface area (Å²) in [6.45, 7) is 1.59. The molecule has 1 aromatic heterocycles. The Kier molecular flexibility index (Phi) is 4.77. The van der Waals surface area contributed by atoms with Crippen molar-refractivity contribution in [3.63, 3.8) is 0 Å². The lowest BCUT2D eigenvalue weighted by Gasteiger charge is -2.08. The van der Waals surface area contributed by atoms with Gasteiger partial charge in [-0.1, -0.05) is 12.1 Å². The maximum atomic E-state index is 11.3. The molecule has 0 aliphatic heterocycles. The summed E-state index contributed by atoms with van der Waals surface area (Å²) in [5.74, 6) is -1.10. The Balaban J connectivity index is 0.00000200. The van der Waals surface area contributed by atoms with Crippen LogP contribution in [-0.2, 0) is 0 Å². The Hall–Kier alpha value is -2.47. The third-order valence-electron chi connectivity index (χ3n) is 2.72. The van der Waals surface area contributed by atoms with Crippen molar-refractivity contribution in [3.05, 3.63) is 57.9 Å². The number of hydrogen-bond acceptors (Lipinski definition) is 4. The number of nitrogens with zero attached hydrogens (tertiary/aromatic N) is 2. The van der Waals surface area contributed by atoms with Gasteiger partial charge in [0.2, 0.25) is 0 Å². The summed E-state index contributed by atoms with van der Waals surface area (Å²) in [4.78, 5) is 25.4. The molecule has 0 amide bonds. The van der Waals surface area contributed by atoms with Gasteiger partial charge >= 0.3 is 5.97 Å². The van der Waals surface area contributed by atoms with Crippen LogP contribution in [-0.4, -0.2) is 21.0 Å². The number of aryl methyl sites for hydroxylation is 1. The standard InChI is InChI=1S/C13H10N2O4.ClH/c1-8-12(13(16)17)11(5-6-14-8)9-3-2-4-10(7-9)15(18)19;/h2-7H,1H3,(H,16,17);1H. The fourth-order valence-corrected chi connectivity index (χ4v) is 1.86. The van der Waals surface area contributed by atoms with E-state index in [1.807, 2.05) is 0 Å². The highest BCUT2D eigenvalue weighted by Crippen LogP contribution is 2.27. The monoisotopic (exact) mass is 294 g/mol.